The molecule has 30 heavy (non-hydrogen) atoms. The largest absolute Gasteiger partial charge is 0.462 e. The van der Waals surface area contributed by atoms with Crippen molar-refractivity contribution in [1.29, 1.82) is 0 Å². The van der Waals surface area contributed by atoms with Crippen molar-refractivity contribution in [3.8, 4) is 11.8 Å². The van der Waals surface area contributed by atoms with Gasteiger partial charge in [0, 0.05) is 35.6 Å². The third-order valence-electron chi connectivity index (χ3n) is 5.64. The molecule has 2 aliphatic rings. The number of carbonyl (C=O) groups is 2. The third-order valence-corrected chi connectivity index (χ3v) is 6.37. The Morgan fingerprint density at radius 1 is 1.37 bits per heavy atom. The molecule has 1 aliphatic carbocycles. The summed E-state index contributed by atoms with van der Waals surface area (Å²) in [5, 5.41) is 11.1. The second-order valence-corrected chi connectivity index (χ2v) is 8.82. The minimum atomic E-state index is -0.898. The summed E-state index contributed by atoms with van der Waals surface area (Å²) in [7, 11) is 0. The van der Waals surface area contributed by atoms with E-state index in [1.165, 1.54) is 0 Å². The molecule has 1 saturated carbocycles. The van der Waals surface area contributed by atoms with Crippen LogP contribution in [0, 0.1) is 29.6 Å². The van der Waals surface area contributed by atoms with Crippen LogP contribution in [0.1, 0.15) is 49.9 Å². The van der Waals surface area contributed by atoms with E-state index in [4.69, 9.17) is 9.47 Å². The zero-order valence-corrected chi connectivity index (χ0v) is 18.8. The fraction of sp³-hybridized carbons (Fsp3) is 0.500. The molecule has 1 heterocycles. The molecule has 0 unspecified atom stereocenters. The highest BCUT2D eigenvalue weighted by molar-refractivity contribution is 9.11. The Hall–Kier alpha value is -2.10. The van der Waals surface area contributed by atoms with Crippen molar-refractivity contribution in [3.63, 3.8) is 0 Å². The topological polar surface area (TPSA) is 72.8 Å². The molecule has 0 radical (unpaired) electrons. The van der Waals surface area contributed by atoms with Crippen LogP contribution in [0.2, 0.25) is 0 Å². The highest BCUT2D eigenvalue weighted by Crippen LogP contribution is 2.46. The molecule has 1 aromatic rings. The Morgan fingerprint density at radius 3 is 2.80 bits per heavy atom. The van der Waals surface area contributed by atoms with Crippen molar-refractivity contribution in [2.24, 2.45) is 17.8 Å². The van der Waals surface area contributed by atoms with Gasteiger partial charge in [-0.2, -0.15) is 0 Å². The maximum absolute atomic E-state index is 12.6. The van der Waals surface area contributed by atoms with Crippen molar-refractivity contribution in [2.75, 3.05) is 0 Å². The van der Waals surface area contributed by atoms with Gasteiger partial charge in [-0.1, -0.05) is 54.1 Å². The van der Waals surface area contributed by atoms with Crippen LogP contribution >= 0.6 is 15.9 Å². The molecule has 1 aliphatic heterocycles. The number of benzene rings is 1. The van der Waals surface area contributed by atoms with Crippen LogP contribution in [0.25, 0.3) is 0 Å². The molecule has 0 bridgehead atoms. The van der Waals surface area contributed by atoms with Gasteiger partial charge in [0.25, 0.3) is 0 Å². The molecule has 2 fully saturated rings. The first-order valence-corrected chi connectivity index (χ1v) is 11.2. The summed E-state index contributed by atoms with van der Waals surface area (Å²) in [5.41, 5.74) is 0.456. The van der Waals surface area contributed by atoms with Gasteiger partial charge in [-0.05, 0) is 18.1 Å². The number of halogens is 1. The first kappa shape index (κ1) is 22.6. The van der Waals surface area contributed by atoms with Crippen molar-refractivity contribution < 1.29 is 24.2 Å². The summed E-state index contributed by atoms with van der Waals surface area (Å²) in [4.78, 5) is 24.4. The lowest BCUT2D eigenvalue weighted by Crippen LogP contribution is -2.35. The van der Waals surface area contributed by atoms with Gasteiger partial charge in [-0.25, -0.2) is 4.79 Å². The molecule has 0 amide bonds. The first-order valence-electron chi connectivity index (χ1n) is 10.4. The lowest BCUT2D eigenvalue weighted by molar-refractivity contribution is -0.141. The monoisotopic (exact) mass is 474 g/mol. The van der Waals surface area contributed by atoms with Gasteiger partial charge in [0.05, 0.1) is 18.1 Å². The van der Waals surface area contributed by atoms with Crippen molar-refractivity contribution in [1.82, 2.24) is 0 Å². The summed E-state index contributed by atoms with van der Waals surface area (Å²) in [6.45, 7) is 4.04. The molecule has 6 atom stereocenters. The van der Waals surface area contributed by atoms with Gasteiger partial charge in [0.15, 0.2) is 0 Å². The van der Waals surface area contributed by atoms with Crippen LogP contribution in [0.3, 0.4) is 0 Å². The van der Waals surface area contributed by atoms with E-state index in [-0.39, 0.29) is 30.3 Å². The van der Waals surface area contributed by atoms with Crippen LogP contribution in [0.15, 0.2) is 40.9 Å². The number of hydrogen-bond acceptors (Lipinski definition) is 5. The van der Waals surface area contributed by atoms with Crippen LogP contribution < -0.4 is 0 Å². The average Bonchev–Trinajstić information content (AvgIpc) is 3.23. The minimum Gasteiger partial charge on any atom is -0.462 e. The normalized spacial score (nSPS) is 27.5. The fourth-order valence-corrected chi connectivity index (χ4v) is 4.97. The smallest absolute Gasteiger partial charge is 0.338 e. The number of fused-ring (bicyclic) bond motifs is 1. The maximum atomic E-state index is 12.6. The van der Waals surface area contributed by atoms with Gasteiger partial charge < -0.3 is 14.6 Å². The van der Waals surface area contributed by atoms with E-state index >= 15 is 0 Å². The zero-order valence-electron chi connectivity index (χ0n) is 17.2. The number of ether oxygens (including phenoxy) is 2. The van der Waals surface area contributed by atoms with Crippen LogP contribution in [-0.2, 0) is 14.3 Å². The highest BCUT2D eigenvalue weighted by Gasteiger charge is 2.54. The van der Waals surface area contributed by atoms with Crippen LogP contribution in [-0.4, -0.2) is 35.4 Å². The standard InChI is InChI=1S/C24H27BrO5/c1-3-4-6-9-15(2)12-18(25)23(27)22-17-13-21(26)29-19(17)14-20(22)30-24(28)16-10-7-5-8-11-16/h5,7-8,10-12,15,17,19-20,22-23,27H,3,9,13-14H2,1-2H3/b18-12-/t15-,17-,19-,20+,22-,23+/m0/s1. The van der Waals surface area contributed by atoms with Gasteiger partial charge >= 0.3 is 11.9 Å². The predicted molar refractivity (Wildman–Crippen MR) is 117 cm³/mol. The second kappa shape index (κ2) is 10.3. The summed E-state index contributed by atoms with van der Waals surface area (Å²) < 4.78 is 11.8. The second-order valence-electron chi connectivity index (χ2n) is 7.90. The maximum Gasteiger partial charge on any atom is 0.338 e. The van der Waals surface area contributed by atoms with E-state index in [1.54, 1.807) is 24.3 Å². The molecule has 6 heteroatoms. The van der Waals surface area contributed by atoms with E-state index < -0.39 is 24.1 Å². The number of aliphatic hydroxyl groups is 1. The van der Waals surface area contributed by atoms with E-state index in [2.05, 4.69) is 27.8 Å². The Morgan fingerprint density at radius 2 is 2.10 bits per heavy atom. The van der Waals surface area contributed by atoms with Crippen molar-refractivity contribution in [2.45, 2.75) is 57.8 Å². The van der Waals surface area contributed by atoms with Gasteiger partial charge in [-0.15, -0.1) is 11.8 Å². The number of aliphatic hydroxyl groups excluding tert-OH is 1. The molecule has 1 N–H and O–H groups in total. The number of esters is 2. The molecule has 1 aromatic carbocycles. The van der Waals surface area contributed by atoms with Crippen LogP contribution in [0.5, 0.6) is 0 Å². The van der Waals surface area contributed by atoms with Gasteiger partial charge in [0.1, 0.15) is 12.2 Å². The number of carbonyl (C=O) groups excluding carboxylic acids is 2. The highest BCUT2D eigenvalue weighted by atomic mass is 79.9. The lowest BCUT2D eigenvalue weighted by atomic mass is 9.86. The molecule has 5 nitrogen and oxygen atoms in total. The average molecular weight is 475 g/mol. The van der Waals surface area contributed by atoms with E-state index in [0.29, 0.717) is 22.9 Å². The van der Waals surface area contributed by atoms with E-state index in [9.17, 15) is 14.7 Å². The predicted octanol–water partition coefficient (Wildman–Crippen LogP) is 4.24. The lowest BCUT2D eigenvalue weighted by Gasteiger charge is -2.28. The zero-order chi connectivity index (χ0) is 21.7. The third kappa shape index (κ3) is 5.33. The molecule has 160 valence electrons. The van der Waals surface area contributed by atoms with E-state index in [0.717, 1.165) is 6.42 Å². The first-order chi connectivity index (χ1) is 14.4. The Balaban J connectivity index is 1.76. The SMILES string of the molecule is CCC#CC[C@H](C)/C=C(\Br)[C@@H](O)[C@H]1[C@H]2CC(=O)O[C@H]2C[C@H]1OC(=O)c1ccccc1. The number of allylic oxidation sites excluding steroid dienone is 1. The van der Waals surface area contributed by atoms with Gasteiger partial charge in [-0.3, -0.25) is 4.79 Å². The minimum absolute atomic E-state index is 0.150. The molecule has 3 rings (SSSR count). The van der Waals surface area contributed by atoms with Crippen molar-refractivity contribution in [3.05, 3.63) is 46.5 Å². The van der Waals surface area contributed by atoms with Crippen molar-refractivity contribution >= 4 is 27.9 Å². The Bertz CT molecular complexity index is 853. The van der Waals surface area contributed by atoms with E-state index in [1.807, 2.05) is 26.0 Å². The van der Waals surface area contributed by atoms with Gasteiger partial charge in [0.2, 0.25) is 0 Å². The summed E-state index contributed by atoms with van der Waals surface area (Å²) in [6.07, 6.45) is 2.30. The summed E-state index contributed by atoms with van der Waals surface area (Å²) in [5.74, 6) is 5.00. The molecule has 1 saturated heterocycles. The summed E-state index contributed by atoms with van der Waals surface area (Å²) in [6, 6.07) is 8.76. The molecular formula is C24H27BrO5. The Kier molecular flexibility index (Phi) is 7.74. The number of rotatable bonds is 6. The van der Waals surface area contributed by atoms with Crippen LogP contribution in [0.4, 0.5) is 0 Å². The molecule has 0 spiro atoms. The fourth-order valence-electron chi connectivity index (χ4n) is 4.21. The quantitative estimate of drug-likeness (QED) is 0.492. The molecular weight excluding hydrogens is 448 g/mol. The summed E-state index contributed by atoms with van der Waals surface area (Å²) >= 11 is 3.51. The number of hydrogen-bond donors (Lipinski definition) is 1. The molecule has 0 aromatic heterocycles. The Labute approximate surface area is 186 Å².